The van der Waals surface area contributed by atoms with Crippen molar-refractivity contribution in [3.63, 3.8) is 0 Å². The monoisotopic (exact) mass is 330 g/mol. The summed E-state index contributed by atoms with van der Waals surface area (Å²) in [6.07, 6.45) is 3.07. The van der Waals surface area contributed by atoms with Gasteiger partial charge in [0.15, 0.2) is 9.84 Å². The molecule has 0 saturated carbocycles. The normalized spacial score (nSPS) is 16.0. The predicted octanol–water partition coefficient (Wildman–Crippen LogP) is 1.52. The highest BCUT2D eigenvalue weighted by Crippen LogP contribution is 2.31. The third-order valence-corrected chi connectivity index (χ3v) is 5.69. The summed E-state index contributed by atoms with van der Waals surface area (Å²) in [5.74, 6) is 0.806. The molecule has 8 nitrogen and oxygen atoms in total. The maximum Gasteiger partial charge on any atom is 0.406 e. The van der Waals surface area contributed by atoms with Gasteiger partial charge >= 0.3 is 5.82 Å². The SMILES string of the molecule is CCS(=O)(=O)CCn1c(C)nc([N+](=O)[O-])c1N1CCCCC1. The average molecular weight is 330 g/mol. The van der Waals surface area contributed by atoms with Crippen LogP contribution in [0.5, 0.6) is 0 Å². The van der Waals surface area contributed by atoms with E-state index in [0.717, 1.165) is 32.4 Å². The van der Waals surface area contributed by atoms with Crippen LogP contribution in [-0.4, -0.2) is 47.5 Å². The molecule has 1 saturated heterocycles. The number of anilines is 1. The molecule has 0 bridgehead atoms. The van der Waals surface area contributed by atoms with Gasteiger partial charge in [-0.25, -0.2) is 8.42 Å². The fourth-order valence-electron chi connectivity index (χ4n) is 2.72. The molecule has 1 aliphatic heterocycles. The molecule has 2 heterocycles. The van der Waals surface area contributed by atoms with Gasteiger partial charge in [0.05, 0.1) is 5.75 Å². The third kappa shape index (κ3) is 3.57. The van der Waals surface area contributed by atoms with Crippen LogP contribution in [0.2, 0.25) is 0 Å². The molecule has 0 atom stereocenters. The maximum absolute atomic E-state index is 11.7. The molecule has 124 valence electrons. The van der Waals surface area contributed by atoms with Crippen LogP contribution >= 0.6 is 0 Å². The van der Waals surface area contributed by atoms with E-state index in [9.17, 15) is 18.5 Å². The molecule has 0 unspecified atom stereocenters. The summed E-state index contributed by atoms with van der Waals surface area (Å²) >= 11 is 0. The zero-order valence-corrected chi connectivity index (χ0v) is 13.8. The van der Waals surface area contributed by atoms with Gasteiger partial charge < -0.3 is 15.0 Å². The van der Waals surface area contributed by atoms with Crippen LogP contribution < -0.4 is 4.90 Å². The predicted molar refractivity (Wildman–Crippen MR) is 84.0 cm³/mol. The van der Waals surface area contributed by atoms with E-state index in [-0.39, 0.29) is 23.9 Å². The zero-order chi connectivity index (χ0) is 16.3. The molecule has 2 rings (SSSR count). The molecule has 22 heavy (non-hydrogen) atoms. The van der Waals surface area contributed by atoms with E-state index in [1.807, 2.05) is 4.90 Å². The van der Waals surface area contributed by atoms with Crippen molar-refractivity contribution in [3.05, 3.63) is 15.9 Å². The van der Waals surface area contributed by atoms with Crippen molar-refractivity contribution >= 4 is 21.5 Å². The Hall–Kier alpha value is -1.64. The lowest BCUT2D eigenvalue weighted by atomic mass is 10.1. The van der Waals surface area contributed by atoms with Crippen LogP contribution in [0.25, 0.3) is 0 Å². The number of aromatic nitrogens is 2. The van der Waals surface area contributed by atoms with Crippen molar-refractivity contribution in [1.82, 2.24) is 9.55 Å². The van der Waals surface area contributed by atoms with Crippen LogP contribution in [0.3, 0.4) is 0 Å². The third-order valence-electron chi connectivity index (χ3n) is 4.01. The first-order chi connectivity index (χ1) is 10.4. The molecular weight excluding hydrogens is 308 g/mol. The van der Waals surface area contributed by atoms with Gasteiger partial charge in [-0.2, -0.15) is 0 Å². The minimum Gasteiger partial charge on any atom is -0.358 e. The summed E-state index contributed by atoms with van der Waals surface area (Å²) in [6, 6.07) is 0. The van der Waals surface area contributed by atoms with Gasteiger partial charge in [0.1, 0.15) is 0 Å². The number of rotatable bonds is 6. The Morgan fingerprint density at radius 1 is 1.27 bits per heavy atom. The summed E-state index contributed by atoms with van der Waals surface area (Å²) in [5.41, 5.74) is 0. The smallest absolute Gasteiger partial charge is 0.358 e. The van der Waals surface area contributed by atoms with E-state index in [1.165, 1.54) is 0 Å². The number of piperidine rings is 1. The second-order valence-corrected chi connectivity index (χ2v) is 7.97. The Bertz CT molecular complexity index is 647. The van der Waals surface area contributed by atoms with E-state index in [2.05, 4.69) is 4.98 Å². The molecule has 0 radical (unpaired) electrons. The summed E-state index contributed by atoms with van der Waals surface area (Å²) in [4.78, 5) is 16.8. The summed E-state index contributed by atoms with van der Waals surface area (Å²) in [5, 5.41) is 11.3. The van der Waals surface area contributed by atoms with E-state index in [0.29, 0.717) is 11.6 Å². The first-order valence-electron chi connectivity index (χ1n) is 7.52. The van der Waals surface area contributed by atoms with Crippen molar-refractivity contribution in [3.8, 4) is 0 Å². The van der Waals surface area contributed by atoms with E-state index < -0.39 is 14.8 Å². The fraction of sp³-hybridized carbons (Fsp3) is 0.769. The topological polar surface area (TPSA) is 98.3 Å². The van der Waals surface area contributed by atoms with Gasteiger partial charge in [0.2, 0.25) is 11.6 Å². The maximum atomic E-state index is 11.7. The fourth-order valence-corrected chi connectivity index (χ4v) is 3.47. The zero-order valence-electron chi connectivity index (χ0n) is 13.0. The summed E-state index contributed by atoms with van der Waals surface area (Å²) < 4.78 is 25.1. The second-order valence-electron chi connectivity index (χ2n) is 5.50. The molecule has 0 aromatic carbocycles. The van der Waals surface area contributed by atoms with Gasteiger partial charge in [-0.1, -0.05) is 6.92 Å². The van der Waals surface area contributed by atoms with Crippen LogP contribution in [0, 0.1) is 17.0 Å². The molecular formula is C13H22N4O4S. The Labute approximate surface area is 130 Å². The highest BCUT2D eigenvalue weighted by Gasteiger charge is 2.30. The molecule has 1 fully saturated rings. The second kappa shape index (κ2) is 6.64. The summed E-state index contributed by atoms with van der Waals surface area (Å²) in [6.45, 7) is 4.97. The number of hydrogen-bond donors (Lipinski definition) is 0. The Morgan fingerprint density at radius 2 is 1.91 bits per heavy atom. The molecule has 1 aromatic rings. The number of nitrogens with zero attached hydrogens (tertiary/aromatic N) is 4. The van der Waals surface area contributed by atoms with Crippen molar-refractivity contribution in [2.24, 2.45) is 0 Å². The first kappa shape index (κ1) is 16.7. The number of nitro groups is 1. The standard InChI is InChI=1S/C13H22N4O4S/c1-3-22(20,21)10-9-16-11(2)14-12(17(18)19)13(16)15-7-5-4-6-8-15/h3-10H2,1-2H3. The van der Waals surface area contributed by atoms with Gasteiger partial charge in [-0.15, -0.1) is 0 Å². The lowest BCUT2D eigenvalue weighted by Gasteiger charge is -2.28. The van der Waals surface area contributed by atoms with Gasteiger partial charge in [0.25, 0.3) is 0 Å². The first-order valence-corrected chi connectivity index (χ1v) is 9.34. The largest absolute Gasteiger partial charge is 0.406 e. The number of sulfone groups is 1. The van der Waals surface area contributed by atoms with Gasteiger partial charge in [-0.05, 0) is 29.2 Å². The van der Waals surface area contributed by atoms with Crippen LogP contribution in [-0.2, 0) is 16.4 Å². The van der Waals surface area contributed by atoms with Crippen LogP contribution in [0.4, 0.5) is 11.6 Å². The molecule has 0 aliphatic carbocycles. The van der Waals surface area contributed by atoms with E-state index >= 15 is 0 Å². The number of imidazole rings is 1. The van der Waals surface area contributed by atoms with Crippen LogP contribution in [0.15, 0.2) is 0 Å². The Kier molecular flexibility index (Phi) is 5.05. The molecule has 0 spiro atoms. The highest BCUT2D eigenvalue weighted by atomic mass is 32.2. The van der Waals surface area contributed by atoms with Gasteiger partial charge in [-0.3, -0.25) is 4.57 Å². The molecule has 9 heteroatoms. The average Bonchev–Trinajstić information content (AvgIpc) is 2.83. The number of hydrogen-bond acceptors (Lipinski definition) is 6. The van der Waals surface area contributed by atoms with E-state index in [1.54, 1.807) is 18.4 Å². The highest BCUT2D eigenvalue weighted by molar-refractivity contribution is 7.91. The van der Waals surface area contributed by atoms with Gasteiger partial charge in [0, 0.05) is 32.3 Å². The molecule has 0 amide bonds. The van der Waals surface area contributed by atoms with Crippen LogP contribution in [0.1, 0.15) is 32.0 Å². The van der Waals surface area contributed by atoms with Crippen molar-refractivity contribution in [1.29, 1.82) is 0 Å². The Morgan fingerprint density at radius 3 is 2.45 bits per heavy atom. The van der Waals surface area contributed by atoms with E-state index in [4.69, 9.17) is 0 Å². The summed E-state index contributed by atoms with van der Waals surface area (Å²) in [7, 11) is -3.13. The quantitative estimate of drug-likeness (QED) is 0.579. The molecule has 1 aromatic heterocycles. The van der Waals surface area contributed by atoms with Crippen molar-refractivity contribution in [2.75, 3.05) is 29.5 Å². The molecule has 0 N–H and O–H groups in total. The lowest BCUT2D eigenvalue weighted by Crippen LogP contribution is -2.32. The molecule has 1 aliphatic rings. The minimum atomic E-state index is -3.13. The number of aryl methyl sites for hydroxylation is 1. The lowest BCUT2D eigenvalue weighted by molar-refractivity contribution is -0.388. The van der Waals surface area contributed by atoms with Crippen molar-refractivity contribution < 1.29 is 13.3 Å². The minimum absolute atomic E-state index is 0.0291. The van der Waals surface area contributed by atoms with Crippen molar-refractivity contribution in [2.45, 2.75) is 39.7 Å². The Balaban J connectivity index is 2.36.